The molecule has 0 aliphatic carbocycles. The SMILES string of the molecule is CCCc1nc2cc(C=O)c(=O)c(C=O)cc2n1Cc1ccc(-c2ccccc2C(=O)O)cc1. The Kier molecular flexibility index (Phi) is 6.45. The molecule has 0 spiro atoms. The van der Waals surface area contributed by atoms with E-state index < -0.39 is 11.4 Å². The van der Waals surface area contributed by atoms with E-state index in [1.54, 1.807) is 24.3 Å². The number of rotatable bonds is 8. The fourth-order valence-corrected chi connectivity index (χ4v) is 4.04. The summed E-state index contributed by atoms with van der Waals surface area (Å²) in [7, 11) is 0. The number of aromatic carboxylic acids is 1. The highest BCUT2D eigenvalue weighted by molar-refractivity contribution is 5.96. The van der Waals surface area contributed by atoms with Crippen LogP contribution in [0.4, 0.5) is 0 Å². The monoisotopic (exact) mass is 454 g/mol. The van der Waals surface area contributed by atoms with Crippen molar-refractivity contribution in [2.45, 2.75) is 26.3 Å². The van der Waals surface area contributed by atoms with Crippen molar-refractivity contribution < 1.29 is 19.5 Å². The third kappa shape index (κ3) is 4.28. The molecule has 0 unspecified atom stereocenters. The summed E-state index contributed by atoms with van der Waals surface area (Å²) in [4.78, 5) is 51.6. The van der Waals surface area contributed by atoms with Gasteiger partial charge < -0.3 is 9.67 Å². The molecule has 0 atom stereocenters. The Hall–Kier alpha value is -4.39. The number of benzene rings is 2. The van der Waals surface area contributed by atoms with Crippen LogP contribution in [0.2, 0.25) is 0 Å². The van der Waals surface area contributed by atoms with Crippen molar-refractivity contribution in [1.82, 2.24) is 9.55 Å². The predicted molar refractivity (Wildman–Crippen MR) is 129 cm³/mol. The molecule has 7 nitrogen and oxygen atoms in total. The molecule has 0 bridgehead atoms. The molecule has 0 saturated carbocycles. The van der Waals surface area contributed by atoms with Crippen LogP contribution >= 0.6 is 0 Å². The summed E-state index contributed by atoms with van der Waals surface area (Å²) in [5.74, 6) is -0.204. The lowest BCUT2D eigenvalue weighted by molar-refractivity contribution is 0.0697. The van der Waals surface area contributed by atoms with E-state index in [1.807, 2.05) is 35.8 Å². The summed E-state index contributed by atoms with van der Waals surface area (Å²) in [5.41, 5.74) is 2.83. The lowest BCUT2D eigenvalue weighted by atomic mass is 9.99. The number of aryl methyl sites for hydroxylation is 1. The largest absolute Gasteiger partial charge is 0.478 e. The zero-order chi connectivity index (χ0) is 24.2. The molecule has 0 aliphatic heterocycles. The van der Waals surface area contributed by atoms with E-state index in [9.17, 15) is 24.3 Å². The van der Waals surface area contributed by atoms with Gasteiger partial charge in [0, 0.05) is 13.0 Å². The van der Waals surface area contributed by atoms with Crippen LogP contribution < -0.4 is 5.43 Å². The van der Waals surface area contributed by atoms with Crippen LogP contribution in [-0.4, -0.2) is 33.2 Å². The fourth-order valence-electron chi connectivity index (χ4n) is 4.04. The Morgan fingerprint density at radius 1 is 1.00 bits per heavy atom. The highest BCUT2D eigenvalue weighted by Gasteiger charge is 2.15. The molecule has 0 fully saturated rings. The summed E-state index contributed by atoms with van der Waals surface area (Å²) >= 11 is 0. The molecule has 34 heavy (non-hydrogen) atoms. The van der Waals surface area contributed by atoms with E-state index >= 15 is 0 Å². The maximum absolute atomic E-state index is 12.4. The highest BCUT2D eigenvalue weighted by atomic mass is 16.4. The van der Waals surface area contributed by atoms with Gasteiger partial charge in [0.05, 0.1) is 27.7 Å². The van der Waals surface area contributed by atoms with E-state index in [0.29, 0.717) is 42.1 Å². The predicted octanol–water partition coefficient (Wildman–Crippen LogP) is 4.39. The molecule has 1 N–H and O–H groups in total. The molecular formula is C27H22N2O5. The summed E-state index contributed by atoms with van der Waals surface area (Å²) < 4.78 is 1.94. The molecule has 0 radical (unpaired) electrons. The summed E-state index contributed by atoms with van der Waals surface area (Å²) in [6.45, 7) is 2.46. The first-order valence-electron chi connectivity index (χ1n) is 10.9. The van der Waals surface area contributed by atoms with E-state index in [1.165, 1.54) is 12.1 Å². The van der Waals surface area contributed by atoms with Crippen molar-refractivity contribution in [1.29, 1.82) is 0 Å². The van der Waals surface area contributed by atoms with Crippen molar-refractivity contribution >= 4 is 29.6 Å². The maximum Gasteiger partial charge on any atom is 0.336 e. The first-order chi connectivity index (χ1) is 16.5. The summed E-state index contributed by atoms with van der Waals surface area (Å²) in [6, 6.07) is 17.3. The zero-order valence-electron chi connectivity index (χ0n) is 18.5. The normalized spacial score (nSPS) is 10.9. The number of carbonyl (C=O) groups is 3. The standard InChI is InChI=1S/C27H22N2O5/c1-2-5-25-28-23-12-19(15-30)26(32)20(16-31)13-24(23)29(25)14-17-8-10-18(11-9-17)21-6-3-4-7-22(21)27(33)34/h3-4,6-13,15-16H,2,5,14H2,1H3,(H,33,34). The van der Waals surface area contributed by atoms with Gasteiger partial charge in [0.1, 0.15) is 5.82 Å². The number of carbonyl (C=O) groups excluding carboxylic acids is 2. The minimum absolute atomic E-state index is 0.0954. The Labute approximate surface area is 195 Å². The molecular weight excluding hydrogens is 432 g/mol. The lowest BCUT2D eigenvalue weighted by Gasteiger charge is -2.11. The second-order valence-corrected chi connectivity index (χ2v) is 7.95. The number of aromatic nitrogens is 2. The molecule has 3 aromatic carbocycles. The summed E-state index contributed by atoms with van der Waals surface area (Å²) in [6.07, 6.45) is 2.43. The molecule has 7 heteroatoms. The van der Waals surface area contributed by atoms with Gasteiger partial charge in [-0.05, 0) is 41.3 Å². The first-order valence-corrected chi connectivity index (χ1v) is 10.9. The van der Waals surface area contributed by atoms with Crippen molar-refractivity contribution in [2.75, 3.05) is 0 Å². The topological polar surface area (TPSA) is 106 Å². The molecule has 4 aromatic rings. The average Bonchev–Trinajstić information content (AvgIpc) is 3.08. The lowest BCUT2D eigenvalue weighted by Crippen LogP contribution is -2.10. The van der Waals surface area contributed by atoms with Gasteiger partial charge in [-0.1, -0.05) is 49.4 Å². The zero-order valence-corrected chi connectivity index (χ0v) is 18.5. The van der Waals surface area contributed by atoms with Crippen LogP contribution in [0.5, 0.6) is 0 Å². The Morgan fingerprint density at radius 3 is 2.32 bits per heavy atom. The average molecular weight is 454 g/mol. The van der Waals surface area contributed by atoms with Gasteiger partial charge >= 0.3 is 5.97 Å². The maximum atomic E-state index is 12.4. The van der Waals surface area contributed by atoms with Crippen molar-refractivity contribution in [3.05, 3.63) is 99.0 Å². The van der Waals surface area contributed by atoms with Crippen molar-refractivity contribution in [3.63, 3.8) is 0 Å². The Morgan fingerprint density at radius 2 is 1.68 bits per heavy atom. The van der Waals surface area contributed by atoms with Gasteiger partial charge in [0.2, 0.25) is 0 Å². The van der Waals surface area contributed by atoms with E-state index in [-0.39, 0.29) is 16.7 Å². The van der Waals surface area contributed by atoms with Gasteiger partial charge in [0.15, 0.2) is 18.0 Å². The number of fused-ring (bicyclic) bond motifs is 1. The van der Waals surface area contributed by atoms with E-state index in [4.69, 9.17) is 0 Å². The van der Waals surface area contributed by atoms with Gasteiger partial charge in [-0.15, -0.1) is 0 Å². The number of carboxylic acid groups (broad SMARTS) is 1. The third-order valence-corrected chi connectivity index (χ3v) is 5.71. The Balaban J connectivity index is 1.80. The second kappa shape index (κ2) is 9.62. The van der Waals surface area contributed by atoms with Crippen LogP contribution in [0, 0.1) is 0 Å². The van der Waals surface area contributed by atoms with Crippen LogP contribution in [0.3, 0.4) is 0 Å². The smallest absolute Gasteiger partial charge is 0.336 e. The van der Waals surface area contributed by atoms with Crippen LogP contribution in [-0.2, 0) is 13.0 Å². The first kappa shape index (κ1) is 22.8. The quantitative estimate of drug-likeness (QED) is 0.396. The molecule has 1 aromatic heterocycles. The highest BCUT2D eigenvalue weighted by Crippen LogP contribution is 2.25. The number of carboxylic acids is 1. The van der Waals surface area contributed by atoms with E-state index in [2.05, 4.69) is 4.98 Å². The molecule has 0 aliphatic rings. The minimum Gasteiger partial charge on any atom is -0.478 e. The van der Waals surface area contributed by atoms with Crippen molar-refractivity contribution in [2.24, 2.45) is 0 Å². The molecule has 0 amide bonds. The molecule has 0 saturated heterocycles. The van der Waals surface area contributed by atoms with Crippen LogP contribution in [0.25, 0.3) is 22.2 Å². The number of imidazole rings is 1. The molecule has 170 valence electrons. The molecule has 1 heterocycles. The van der Waals surface area contributed by atoms with Gasteiger partial charge in [-0.25, -0.2) is 9.78 Å². The number of hydrogen-bond acceptors (Lipinski definition) is 5. The summed E-state index contributed by atoms with van der Waals surface area (Å²) in [5, 5.41) is 9.48. The number of hydrogen-bond donors (Lipinski definition) is 1. The number of nitrogens with zero attached hydrogens (tertiary/aromatic N) is 2. The van der Waals surface area contributed by atoms with Crippen molar-refractivity contribution in [3.8, 4) is 11.1 Å². The second-order valence-electron chi connectivity index (χ2n) is 7.95. The van der Waals surface area contributed by atoms with Gasteiger partial charge in [-0.3, -0.25) is 14.4 Å². The third-order valence-electron chi connectivity index (χ3n) is 5.71. The van der Waals surface area contributed by atoms with Crippen LogP contribution in [0.15, 0.2) is 65.5 Å². The fraction of sp³-hybridized carbons (Fsp3) is 0.148. The van der Waals surface area contributed by atoms with Crippen LogP contribution in [0.1, 0.15) is 55.8 Å². The molecule has 4 rings (SSSR count). The van der Waals surface area contributed by atoms with Gasteiger partial charge in [-0.2, -0.15) is 0 Å². The van der Waals surface area contributed by atoms with Gasteiger partial charge in [0.25, 0.3) is 0 Å². The Bertz CT molecular complexity index is 1470. The van der Waals surface area contributed by atoms with E-state index in [0.717, 1.165) is 23.4 Å². The minimum atomic E-state index is -0.986. The number of aldehydes is 2.